The molecule has 9 aromatic carbocycles. The lowest BCUT2D eigenvalue weighted by Gasteiger charge is -2.26. The van der Waals surface area contributed by atoms with Crippen molar-refractivity contribution in [2.75, 3.05) is 4.90 Å². The Morgan fingerprint density at radius 2 is 0.707 bits per heavy atom. The highest BCUT2D eigenvalue weighted by Gasteiger charge is 2.18. The summed E-state index contributed by atoms with van der Waals surface area (Å²) in [7, 11) is 0. The monoisotopic (exact) mass is 743 g/mol. The van der Waals surface area contributed by atoms with Crippen molar-refractivity contribution in [3.8, 4) is 33.4 Å². The van der Waals surface area contributed by atoms with Gasteiger partial charge in [0.2, 0.25) is 0 Å². The Hall–Kier alpha value is -7.82. The zero-order chi connectivity index (χ0) is 38.2. The predicted octanol–water partition coefficient (Wildman–Crippen LogP) is 15.9. The molecule has 0 spiro atoms. The first kappa shape index (κ1) is 32.4. The highest BCUT2D eigenvalue weighted by atomic mass is 16.3. The summed E-state index contributed by atoms with van der Waals surface area (Å²) in [4.78, 5) is 2.31. The smallest absolute Gasteiger partial charge is 0.143 e. The number of hydrogen-bond acceptors (Lipinski definition) is 4. The Morgan fingerprint density at radius 1 is 0.259 bits per heavy atom. The van der Waals surface area contributed by atoms with E-state index in [9.17, 15) is 0 Å². The molecule has 3 heterocycles. The van der Waals surface area contributed by atoms with E-state index in [0.29, 0.717) is 0 Å². The minimum Gasteiger partial charge on any atom is -0.456 e. The molecule has 12 aromatic rings. The van der Waals surface area contributed by atoms with Crippen molar-refractivity contribution < 1.29 is 13.3 Å². The molecule has 4 nitrogen and oxygen atoms in total. The fourth-order valence-corrected chi connectivity index (χ4v) is 8.69. The van der Waals surface area contributed by atoms with Gasteiger partial charge in [-0.1, -0.05) is 133 Å². The van der Waals surface area contributed by atoms with Gasteiger partial charge in [-0.3, -0.25) is 0 Å². The van der Waals surface area contributed by atoms with E-state index in [-0.39, 0.29) is 0 Å². The standard InChI is InChI=1S/C54H33NO3/c1-2-10-35(11-3-1)41-14-9-17-46-47-32-37(24-30-52(47)58-54(41)46)34-20-25-38(26-21-34)55(40-29-31-51-48(33-40)44-13-5-6-18-49(44)56-51)39-27-22-36(23-28-39)42-15-8-16-45-43-12-4-7-19-50(43)57-53(42)45/h1-33H. The van der Waals surface area contributed by atoms with Crippen LogP contribution in [0, 0.1) is 0 Å². The average Bonchev–Trinajstić information content (AvgIpc) is 3.98. The van der Waals surface area contributed by atoms with Gasteiger partial charge >= 0.3 is 0 Å². The van der Waals surface area contributed by atoms with E-state index in [0.717, 1.165) is 116 Å². The van der Waals surface area contributed by atoms with Crippen LogP contribution < -0.4 is 4.90 Å². The second-order valence-corrected chi connectivity index (χ2v) is 14.8. The lowest BCUT2D eigenvalue weighted by atomic mass is 10.00. The minimum atomic E-state index is 0.868. The molecular formula is C54H33NO3. The van der Waals surface area contributed by atoms with Crippen LogP contribution in [0.5, 0.6) is 0 Å². The first-order valence-electron chi connectivity index (χ1n) is 19.6. The van der Waals surface area contributed by atoms with Crippen molar-refractivity contribution in [1.29, 1.82) is 0 Å². The van der Waals surface area contributed by atoms with Gasteiger partial charge in [0.05, 0.1) is 0 Å². The predicted molar refractivity (Wildman–Crippen MR) is 239 cm³/mol. The fraction of sp³-hybridized carbons (Fsp3) is 0. The van der Waals surface area contributed by atoms with Crippen LogP contribution in [0.1, 0.15) is 0 Å². The molecule has 0 saturated heterocycles. The van der Waals surface area contributed by atoms with Gasteiger partial charge in [0.1, 0.15) is 33.5 Å². The van der Waals surface area contributed by atoms with E-state index >= 15 is 0 Å². The Balaban J connectivity index is 0.952. The second-order valence-electron chi connectivity index (χ2n) is 14.8. The van der Waals surface area contributed by atoms with E-state index < -0.39 is 0 Å². The number of nitrogens with zero attached hydrogens (tertiary/aromatic N) is 1. The van der Waals surface area contributed by atoms with Crippen LogP contribution in [0.25, 0.3) is 99.2 Å². The van der Waals surface area contributed by atoms with Crippen LogP contribution in [0.4, 0.5) is 17.1 Å². The Morgan fingerprint density at radius 3 is 1.40 bits per heavy atom. The van der Waals surface area contributed by atoms with Crippen LogP contribution in [-0.4, -0.2) is 0 Å². The van der Waals surface area contributed by atoms with Gasteiger partial charge in [0, 0.05) is 60.5 Å². The summed E-state index contributed by atoms with van der Waals surface area (Å²) in [5.74, 6) is 0. The fourth-order valence-electron chi connectivity index (χ4n) is 8.69. The molecule has 58 heavy (non-hydrogen) atoms. The maximum atomic E-state index is 6.48. The van der Waals surface area contributed by atoms with E-state index in [1.807, 2.05) is 30.3 Å². The summed E-state index contributed by atoms with van der Waals surface area (Å²) in [6.07, 6.45) is 0. The van der Waals surface area contributed by atoms with Crippen molar-refractivity contribution in [3.05, 3.63) is 200 Å². The summed E-state index contributed by atoms with van der Waals surface area (Å²) in [5.41, 5.74) is 15.1. The molecule has 0 aliphatic heterocycles. The number of anilines is 3. The molecule has 272 valence electrons. The summed E-state index contributed by atoms with van der Waals surface area (Å²) in [6.45, 7) is 0. The Bertz CT molecular complexity index is 3500. The van der Waals surface area contributed by atoms with Crippen LogP contribution >= 0.6 is 0 Å². The van der Waals surface area contributed by atoms with E-state index in [2.05, 4.69) is 175 Å². The summed E-state index contributed by atoms with van der Waals surface area (Å²) in [6, 6.07) is 70.3. The number of furan rings is 3. The van der Waals surface area contributed by atoms with Gasteiger partial charge in [-0.2, -0.15) is 0 Å². The SMILES string of the molecule is c1ccc(-c2cccc3c2oc2ccc(-c4ccc(N(c5ccc(-c6cccc7c6oc6ccccc67)cc5)c5ccc6oc7ccccc7c6c5)cc4)cc23)cc1. The average molecular weight is 744 g/mol. The van der Waals surface area contributed by atoms with E-state index in [4.69, 9.17) is 13.3 Å². The van der Waals surface area contributed by atoms with E-state index in [1.165, 1.54) is 0 Å². The van der Waals surface area contributed by atoms with Crippen molar-refractivity contribution >= 4 is 82.9 Å². The first-order chi connectivity index (χ1) is 28.7. The molecule has 0 aliphatic rings. The molecule has 0 fully saturated rings. The molecule has 0 aliphatic carbocycles. The minimum absolute atomic E-state index is 0.868. The number of rotatable bonds is 6. The molecular weight excluding hydrogens is 711 g/mol. The zero-order valence-corrected chi connectivity index (χ0v) is 31.2. The number of benzene rings is 9. The van der Waals surface area contributed by atoms with E-state index in [1.54, 1.807) is 0 Å². The van der Waals surface area contributed by atoms with Crippen LogP contribution in [-0.2, 0) is 0 Å². The maximum absolute atomic E-state index is 6.48. The van der Waals surface area contributed by atoms with Gasteiger partial charge in [0.15, 0.2) is 0 Å². The number of para-hydroxylation sites is 4. The molecule has 12 rings (SSSR count). The Labute approximate surface area is 333 Å². The largest absolute Gasteiger partial charge is 0.456 e. The van der Waals surface area contributed by atoms with Crippen molar-refractivity contribution in [1.82, 2.24) is 0 Å². The van der Waals surface area contributed by atoms with Gasteiger partial charge in [-0.25, -0.2) is 0 Å². The summed E-state index contributed by atoms with van der Waals surface area (Å²) < 4.78 is 19.1. The van der Waals surface area contributed by atoms with Gasteiger partial charge in [0.25, 0.3) is 0 Å². The van der Waals surface area contributed by atoms with Gasteiger partial charge in [-0.05, 0) is 89.0 Å². The van der Waals surface area contributed by atoms with Crippen LogP contribution in [0.2, 0.25) is 0 Å². The molecule has 0 radical (unpaired) electrons. The normalized spacial score (nSPS) is 11.8. The molecule has 3 aromatic heterocycles. The third-order valence-corrected chi connectivity index (χ3v) is 11.5. The number of fused-ring (bicyclic) bond motifs is 9. The number of hydrogen-bond donors (Lipinski definition) is 0. The Kier molecular flexibility index (Phi) is 7.20. The first-order valence-corrected chi connectivity index (χ1v) is 19.6. The van der Waals surface area contributed by atoms with Crippen molar-refractivity contribution in [2.45, 2.75) is 0 Å². The quantitative estimate of drug-likeness (QED) is 0.170. The third-order valence-electron chi connectivity index (χ3n) is 11.5. The maximum Gasteiger partial charge on any atom is 0.143 e. The lowest BCUT2D eigenvalue weighted by Crippen LogP contribution is -2.09. The molecule has 0 amide bonds. The molecule has 0 atom stereocenters. The molecule has 0 unspecified atom stereocenters. The summed E-state index contributed by atoms with van der Waals surface area (Å²) >= 11 is 0. The topological polar surface area (TPSA) is 42.7 Å². The molecule has 0 saturated carbocycles. The van der Waals surface area contributed by atoms with Gasteiger partial charge < -0.3 is 18.2 Å². The van der Waals surface area contributed by atoms with Crippen molar-refractivity contribution in [3.63, 3.8) is 0 Å². The second kappa shape index (κ2) is 12.9. The third kappa shape index (κ3) is 5.16. The highest BCUT2D eigenvalue weighted by molar-refractivity contribution is 6.11. The zero-order valence-electron chi connectivity index (χ0n) is 31.2. The highest BCUT2D eigenvalue weighted by Crippen LogP contribution is 2.42. The molecule has 4 heteroatoms. The van der Waals surface area contributed by atoms with Gasteiger partial charge in [-0.15, -0.1) is 0 Å². The molecule has 0 N–H and O–H groups in total. The molecule has 0 bridgehead atoms. The van der Waals surface area contributed by atoms with Crippen LogP contribution in [0.3, 0.4) is 0 Å². The van der Waals surface area contributed by atoms with Crippen LogP contribution in [0.15, 0.2) is 213 Å². The summed E-state index contributed by atoms with van der Waals surface area (Å²) in [5, 5.41) is 6.65. The van der Waals surface area contributed by atoms with Crippen molar-refractivity contribution in [2.24, 2.45) is 0 Å². The lowest BCUT2D eigenvalue weighted by molar-refractivity contribution is 0.669.